The molecule has 2 heterocycles. The number of likely N-dealkylation sites (tertiary alicyclic amines) is 1. The van der Waals surface area contributed by atoms with Gasteiger partial charge in [0.1, 0.15) is 11.6 Å². The summed E-state index contributed by atoms with van der Waals surface area (Å²) < 4.78 is 15.4. The van der Waals surface area contributed by atoms with E-state index in [0.717, 1.165) is 36.6 Å². The summed E-state index contributed by atoms with van der Waals surface area (Å²) >= 11 is 5.90. The van der Waals surface area contributed by atoms with Gasteiger partial charge in [-0.1, -0.05) is 30.3 Å². The number of ether oxygens (including phenoxy) is 2. The number of benzene rings is 2. The second kappa shape index (κ2) is 11.4. The molecule has 2 aromatic carbocycles. The molecule has 1 aliphatic heterocycles. The predicted molar refractivity (Wildman–Crippen MR) is 134 cm³/mol. The van der Waals surface area contributed by atoms with Crippen LogP contribution in [0.4, 0.5) is 0 Å². The summed E-state index contributed by atoms with van der Waals surface area (Å²) in [4.78, 5) is 14.5. The molecule has 0 N–H and O–H groups in total. The number of nitrogens with zero attached hydrogens (tertiary/aromatic N) is 4. The van der Waals surface area contributed by atoms with Crippen LogP contribution in [0.1, 0.15) is 38.1 Å². The van der Waals surface area contributed by atoms with Gasteiger partial charge < -0.3 is 9.47 Å². The molecule has 7 nitrogen and oxygen atoms in total. The van der Waals surface area contributed by atoms with E-state index in [-0.39, 0.29) is 11.9 Å². The number of hydrogen-bond acceptors (Lipinski definition) is 6. The van der Waals surface area contributed by atoms with Gasteiger partial charge in [0.05, 0.1) is 25.8 Å². The van der Waals surface area contributed by atoms with Crippen molar-refractivity contribution in [2.45, 2.75) is 39.8 Å². The van der Waals surface area contributed by atoms with Crippen molar-refractivity contribution in [2.24, 2.45) is 5.92 Å². The van der Waals surface area contributed by atoms with Gasteiger partial charge in [-0.25, -0.2) is 4.68 Å². The second-order valence-electron chi connectivity index (χ2n) is 8.43. The molecule has 1 atom stereocenters. The Balaban J connectivity index is 1.62. The molecule has 4 rings (SSSR count). The number of piperidine rings is 1. The summed E-state index contributed by atoms with van der Waals surface area (Å²) in [6, 6.07) is 18.2. The molecule has 0 bridgehead atoms. The van der Waals surface area contributed by atoms with Crippen LogP contribution in [0.25, 0.3) is 5.69 Å². The maximum atomic E-state index is 12.3. The number of aromatic nitrogens is 3. The van der Waals surface area contributed by atoms with Gasteiger partial charge in [0.15, 0.2) is 0 Å². The Morgan fingerprint density at radius 3 is 2.56 bits per heavy atom. The Kier molecular flexibility index (Phi) is 8.13. The molecule has 0 amide bonds. The Bertz CT molecular complexity index is 1140. The van der Waals surface area contributed by atoms with Gasteiger partial charge in [-0.2, -0.15) is 5.10 Å². The van der Waals surface area contributed by atoms with Crippen LogP contribution in [0.3, 0.4) is 0 Å². The van der Waals surface area contributed by atoms with E-state index >= 15 is 0 Å². The summed E-state index contributed by atoms with van der Waals surface area (Å²) in [5.74, 6) is 1.49. The van der Waals surface area contributed by atoms with Crippen LogP contribution < -0.4 is 4.74 Å². The lowest BCUT2D eigenvalue weighted by Crippen LogP contribution is -2.40. The van der Waals surface area contributed by atoms with Gasteiger partial charge >= 0.3 is 5.97 Å². The van der Waals surface area contributed by atoms with Gasteiger partial charge in [0, 0.05) is 18.7 Å². The van der Waals surface area contributed by atoms with Gasteiger partial charge in [0.2, 0.25) is 4.77 Å². The van der Waals surface area contributed by atoms with Crippen molar-refractivity contribution in [1.82, 2.24) is 19.2 Å². The maximum Gasteiger partial charge on any atom is 0.310 e. The van der Waals surface area contributed by atoms with Gasteiger partial charge in [0.25, 0.3) is 0 Å². The fourth-order valence-corrected chi connectivity index (χ4v) is 4.69. The van der Waals surface area contributed by atoms with Crippen molar-refractivity contribution in [1.29, 1.82) is 0 Å². The molecular formula is C26H32N4O3S. The highest BCUT2D eigenvalue weighted by Gasteiger charge is 2.27. The average Bonchev–Trinajstić information content (AvgIpc) is 3.15. The van der Waals surface area contributed by atoms with Crippen LogP contribution in [0.5, 0.6) is 5.75 Å². The zero-order valence-electron chi connectivity index (χ0n) is 19.9. The molecule has 3 aromatic rings. The minimum Gasteiger partial charge on any atom is -0.494 e. The third-order valence-electron chi connectivity index (χ3n) is 5.98. The van der Waals surface area contributed by atoms with E-state index in [1.54, 1.807) is 0 Å². The molecule has 0 radical (unpaired) electrons. The smallest absolute Gasteiger partial charge is 0.310 e. The molecule has 1 aliphatic rings. The van der Waals surface area contributed by atoms with Crippen LogP contribution in [0.2, 0.25) is 0 Å². The third-order valence-corrected chi connectivity index (χ3v) is 6.37. The minimum absolute atomic E-state index is 0.0974. The Morgan fingerprint density at radius 2 is 1.85 bits per heavy atom. The first-order chi connectivity index (χ1) is 16.6. The van der Waals surface area contributed by atoms with Crippen molar-refractivity contribution in [3.05, 3.63) is 70.8 Å². The molecule has 34 heavy (non-hydrogen) atoms. The lowest BCUT2D eigenvalue weighted by atomic mass is 9.99. The molecule has 8 heteroatoms. The topological polar surface area (TPSA) is 61.5 Å². The van der Waals surface area contributed by atoms with Crippen molar-refractivity contribution in [3.8, 4) is 11.4 Å². The summed E-state index contributed by atoms with van der Waals surface area (Å²) in [7, 11) is 0. The van der Waals surface area contributed by atoms with E-state index in [2.05, 4.69) is 17.0 Å². The minimum atomic E-state index is -0.111. The number of hydrogen-bond donors (Lipinski definition) is 0. The monoisotopic (exact) mass is 480 g/mol. The highest BCUT2D eigenvalue weighted by Crippen LogP contribution is 2.22. The van der Waals surface area contributed by atoms with Crippen molar-refractivity contribution in [2.75, 3.05) is 26.3 Å². The molecule has 1 unspecified atom stereocenters. The SMILES string of the molecule is CCOC(=O)C1CCCN(Cn2nc(Cc3ccccc3)n(-c3ccc(OCC)cc3)c2=S)C1. The van der Waals surface area contributed by atoms with E-state index in [0.29, 0.717) is 37.6 Å². The molecule has 1 saturated heterocycles. The highest BCUT2D eigenvalue weighted by atomic mass is 32.1. The largest absolute Gasteiger partial charge is 0.494 e. The summed E-state index contributed by atoms with van der Waals surface area (Å²) in [6.07, 6.45) is 2.48. The molecule has 0 aliphatic carbocycles. The quantitative estimate of drug-likeness (QED) is 0.329. The number of carbonyl (C=O) groups is 1. The summed E-state index contributed by atoms with van der Waals surface area (Å²) in [5, 5.41) is 4.93. The van der Waals surface area contributed by atoms with E-state index in [9.17, 15) is 4.79 Å². The fraction of sp³-hybridized carbons (Fsp3) is 0.423. The first kappa shape index (κ1) is 24.2. The first-order valence-corrected chi connectivity index (χ1v) is 12.3. The van der Waals surface area contributed by atoms with Crippen LogP contribution in [0, 0.1) is 10.7 Å². The number of rotatable bonds is 9. The average molecular weight is 481 g/mol. The van der Waals surface area contributed by atoms with Crippen LogP contribution in [-0.2, 0) is 22.6 Å². The molecule has 0 saturated carbocycles. The molecule has 1 aromatic heterocycles. The van der Waals surface area contributed by atoms with E-state index in [1.807, 2.05) is 65.6 Å². The molecule has 180 valence electrons. The molecule has 1 fully saturated rings. The summed E-state index contributed by atoms with van der Waals surface area (Å²) in [5.41, 5.74) is 2.12. The zero-order chi connectivity index (χ0) is 23.9. The van der Waals surface area contributed by atoms with E-state index in [1.165, 1.54) is 5.56 Å². The highest BCUT2D eigenvalue weighted by molar-refractivity contribution is 7.71. The Hall–Kier alpha value is -2.97. The van der Waals surface area contributed by atoms with Gasteiger partial charge in [-0.05, 0) is 75.3 Å². The fourth-order valence-electron chi connectivity index (χ4n) is 4.38. The third kappa shape index (κ3) is 5.74. The summed E-state index contributed by atoms with van der Waals surface area (Å²) in [6.45, 7) is 6.96. The number of esters is 1. The lowest BCUT2D eigenvalue weighted by Gasteiger charge is -2.31. The Labute approximate surface area is 205 Å². The number of carbonyl (C=O) groups excluding carboxylic acids is 1. The van der Waals surface area contributed by atoms with E-state index in [4.69, 9.17) is 26.8 Å². The predicted octanol–water partition coefficient (Wildman–Crippen LogP) is 4.63. The van der Waals surface area contributed by atoms with Crippen LogP contribution in [0.15, 0.2) is 54.6 Å². The maximum absolute atomic E-state index is 12.3. The van der Waals surface area contributed by atoms with Gasteiger partial charge in [-0.15, -0.1) is 0 Å². The van der Waals surface area contributed by atoms with Crippen LogP contribution in [-0.4, -0.2) is 51.5 Å². The standard InChI is InChI=1S/C26H32N4O3S/c1-3-32-23-14-12-22(13-15-23)30-24(17-20-9-6-5-7-10-20)27-29(26(30)34)19-28-16-8-11-21(18-28)25(31)33-4-2/h5-7,9-10,12-15,21H,3-4,8,11,16-19H2,1-2H3. The van der Waals surface area contributed by atoms with Crippen molar-refractivity contribution >= 4 is 18.2 Å². The molecular weight excluding hydrogens is 448 g/mol. The van der Waals surface area contributed by atoms with Gasteiger partial charge in [-0.3, -0.25) is 14.3 Å². The lowest BCUT2D eigenvalue weighted by molar-refractivity contribution is -0.150. The molecule has 0 spiro atoms. The first-order valence-electron chi connectivity index (χ1n) is 11.9. The van der Waals surface area contributed by atoms with Crippen LogP contribution >= 0.6 is 12.2 Å². The Morgan fingerprint density at radius 1 is 1.09 bits per heavy atom. The van der Waals surface area contributed by atoms with Crippen molar-refractivity contribution < 1.29 is 14.3 Å². The normalized spacial score (nSPS) is 16.4. The van der Waals surface area contributed by atoms with Crippen molar-refractivity contribution in [3.63, 3.8) is 0 Å². The second-order valence-corrected chi connectivity index (χ2v) is 8.80. The zero-order valence-corrected chi connectivity index (χ0v) is 20.7. The van der Waals surface area contributed by atoms with E-state index < -0.39 is 0 Å².